The summed E-state index contributed by atoms with van der Waals surface area (Å²) in [6.07, 6.45) is 1.29. The maximum Gasteiger partial charge on any atom is 0.307 e. The number of hydrogen-bond acceptors (Lipinski definition) is 7. The van der Waals surface area contributed by atoms with Crippen LogP contribution in [0.5, 0.6) is 0 Å². The van der Waals surface area contributed by atoms with Crippen LogP contribution in [-0.2, 0) is 46.7 Å². The van der Waals surface area contributed by atoms with Gasteiger partial charge >= 0.3 is 11.9 Å². The number of carboxylic acid groups (broad SMARTS) is 2. The number of anilines is 2. The Morgan fingerprint density at radius 1 is 0.826 bits per heavy atom. The molecule has 240 valence electrons. The maximum absolute atomic E-state index is 14.5. The molecule has 0 saturated carbocycles. The van der Waals surface area contributed by atoms with E-state index in [0.29, 0.717) is 40.9 Å². The summed E-state index contributed by atoms with van der Waals surface area (Å²) < 4.78 is 41.7. The Morgan fingerprint density at radius 2 is 1.41 bits per heavy atom. The molecule has 46 heavy (non-hydrogen) atoms. The Kier molecular flexibility index (Phi) is 10.4. The van der Waals surface area contributed by atoms with Crippen molar-refractivity contribution in [3.8, 4) is 0 Å². The van der Waals surface area contributed by atoms with Crippen molar-refractivity contribution in [1.82, 2.24) is 4.72 Å². The lowest BCUT2D eigenvalue weighted by atomic mass is 10.1. The molecule has 1 aliphatic rings. The smallest absolute Gasteiger partial charge is 0.307 e. The largest absolute Gasteiger partial charge is 0.481 e. The van der Waals surface area contributed by atoms with Gasteiger partial charge in [-0.15, -0.1) is 0 Å². The van der Waals surface area contributed by atoms with Crippen molar-refractivity contribution in [3.63, 3.8) is 0 Å². The lowest BCUT2D eigenvalue weighted by Gasteiger charge is -2.30. The number of nitrogens with one attached hydrogen (secondary N) is 1. The fourth-order valence-corrected chi connectivity index (χ4v) is 6.43. The van der Waals surface area contributed by atoms with E-state index in [1.807, 2.05) is 12.1 Å². The van der Waals surface area contributed by atoms with E-state index in [4.69, 9.17) is 9.47 Å². The van der Waals surface area contributed by atoms with Gasteiger partial charge < -0.3 is 19.7 Å². The van der Waals surface area contributed by atoms with Crippen LogP contribution in [0.1, 0.15) is 30.4 Å². The van der Waals surface area contributed by atoms with Gasteiger partial charge in [-0.1, -0.05) is 54.6 Å². The van der Waals surface area contributed by atoms with E-state index in [1.54, 1.807) is 66.7 Å². The number of carboxylic acids is 2. The normalized spacial score (nSPS) is 15.7. The zero-order chi connectivity index (χ0) is 32.7. The summed E-state index contributed by atoms with van der Waals surface area (Å²) in [5.41, 5.74) is 1.70. The molecule has 4 aromatic rings. The number of amides is 1. The molecule has 0 aromatic heterocycles. The Hall–Kier alpha value is -4.62. The molecule has 1 amide bonds. The van der Waals surface area contributed by atoms with Gasteiger partial charge in [0.25, 0.3) is 5.91 Å². The second-order valence-corrected chi connectivity index (χ2v) is 12.7. The number of ether oxygens (including phenoxy) is 2. The standard InChI is InChI=1S/C34H34N2O9S/c37-31(38)19-23-8-13-27(14-9-23)36(28-15-10-24(11-16-28)20-32(39)40)34(41)30(22-45-33-7-3-4-18-44-33)35-46(42,43)29-17-12-25-5-1-2-6-26(25)21-29/h1-2,5-6,8-17,21,30,33,35H,3-4,7,18-20,22H2,(H,37,38)(H,39,40). The number of aliphatic carboxylic acids is 2. The topological polar surface area (TPSA) is 160 Å². The van der Waals surface area contributed by atoms with E-state index in [0.717, 1.165) is 18.2 Å². The Morgan fingerprint density at radius 3 is 1.96 bits per heavy atom. The average Bonchev–Trinajstić information content (AvgIpc) is 3.04. The van der Waals surface area contributed by atoms with E-state index in [-0.39, 0.29) is 24.3 Å². The van der Waals surface area contributed by atoms with Crippen LogP contribution in [-0.4, -0.2) is 62.0 Å². The number of hydrogen-bond donors (Lipinski definition) is 3. The van der Waals surface area contributed by atoms with Crippen molar-refractivity contribution in [3.05, 3.63) is 102 Å². The zero-order valence-corrected chi connectivity index (χ0v) is 25.7. The number of fused-ring (bicyclic) bond motifs is 1. The summed E-state index contributed by atoms with van der Waals surface area (Å²) in [6, 6.07) is 23.2. The quantitative estimate of drug-likeness (QED) is 0.188. The van der Waals surface area contributed by atoms with Crippen LogP contribution < -0.4 is 9.62 Å². The average molecular weight is 647 g/mol. The second-order valence-electron chi connectivity index (χ2n) is 11.0. The van der Waals surface area contributed by atoms with Gasteiger partial charge in [-0.25, -0.2) is 8.42 Å². The molecule has 0 bridgehead atoms. The van der Waals surface area contributed by atoms with Gasteiger partial charge in [-0.2, -0.15) is 4.72 Å². The minimum atomic E-state index is -4.24. The second kappa shape index (κ2) is 14.6. The first-order valence-electron chi connectivity index (χ1n) is 14.8. The maximum atomic E-state index is 14.5. The van der Waals surface area contributed by atoms with E-state index in [9.17, 15) is 33.0 Å². The van der Waals surface area contributed by atoms with Crippen molar-refractivity contribution < 1.29 is 42.5 Å². The molecule has 0 spiro atoms. The molecule has 4 aromatic carbocycles. The first-order valence-corrected chi connectivity index (χ1v) is 16.3. The van der Waals surface area contributed by atoms with E-state index >= 15 is 0 Å². The van der Waals surface area contributed by atoms with Crippen molar-refractivity contribution in [1.29, 1.82) is 0 Å². The summed E-state index contributed by atoms with van der Waals surface area (Å²) >= 11 is 0. The molecule has 5 rings (SSSR count). The molecule has 2 atom stereocenters. The van der Waals surface area contributed by atoms with E-state index < -0.39 is 40.2 Å². The lowest BCUT2D eigenvalue weighted by Crippen LogP contribution is -2.50. The fourth-order valence-electron chi connectivity index (χ4n) is 5.23. The highest BCUT2D eigenvalue weighted by atomic mass is 32.2. The molecule has 11 nitrogen and oxygen atoms in total. The van der Waals surface area contributed by atoms with Crippen molar-refractivity contribution in [2.45, 2.75) is 49.3 Å². The zero-order valence-electron chi connectivity index (χ0n) is 24.9. The number of benzene rings is 4. The third-order valence-electron chi connectivity index (χ3n) is 7.53. The fraction of sp³-hybridized carbons (Fsp3) is 0.265. The molecule has 0 radical (unpaired) electrons. The number of nitrogens with zero attached hydrogens (tertiary/aromatic N) is 1. The first-order chi connectivity index (χ1) is 22.1. The number of carbonyl (C=O) groups is 3. The van der Waals surface area contributed by atoms with Gasteiger partial charge in [0.05, 0.1) is 24.3 Å². The SMILES string of the molecule is O=C(O)Cc1ccc(N(C(=O)C(COC2CCCCO2)NS(=O)(=O)c2ccc3ccccc3c2)c2ccc(CC(=O)O)cc2)cc1. The molecular formula is C34H34N2O9S. The molecule has 12 heteroatoms. The molecule has 0 aliphatic carbocycles. The van der Waals surface area contributed by atoms with Crippen LogP contribution >= 0.6 is 0 Å². The summed E-state index contributed by atoms with van der Waals surface area (Å²) in [7, 11) is -4.24. The highest BCUT2D eigenvalue weighted by molar-refractivity contribution is 7.89. The van der Waals surface area contributed by atoms with Crippen LogP contribution in [0, 0.1) is 0 Å². The Labute approximate surface area is 266 Å². The van der Waals surface area contributed by atoms with Crippen molar-refractivity contribution in [2.24, 2.45) is 0 Å². The van der Waals surface area contributed by atoms with Crippen LogP contribution in [0.15, 0.2) is 95.9 Å². The number of carbonyl (C=O) groups excluding carboxylic acids is 1. The number of rotatable bonds is 13. The van der Waals surface area contributed by atoms with Crippen LogP contribution in [0.25, 0.3) is 10.8 Å². The van der Waals surface area contributed by atoms with Gasteiger partial charge in [0.15, 0.2) is 6.29 Å². The van der Waals surface area contributed by atoms with Gasteiger partial charge in [0, 0.05) is 18.0 Å². The van der Waals surface area contributed by atoms with Crippen LogP contribution in [0.2, 0.25) is 0 Å². The Balaban J connectivity index is 1.51. The summed E-state index contributed by atoms with van der Waals surface area (Å²) in [4.78, 5) is 38.2. The molecular weight excluding hydrogens is 612 g/mol. The molecule has 1 saturated heterocycles. The lowest BCUT2D eigenvalue weighted by molar-refractivity contribution is -0.166. The molecule has 3 N–H and O–H groups in total. The monoisotopic (exact) mass is 646 g/mol. The van der Waals surface area contributed by atoms with Crippen LogP contribution in [0.4, 0.5) is 11.4 Å². The van der Waals surface area contributed by atoms with Gasteiger partial charge in [0.1, 0.15) is 6.04 Å². The molecule has 2 unspecified atom stereocenters. The van der Waals surface area contributed by atoms with E-state index in [2.05, 4.69) is 4.72 Å². The Bertz CT molecular complexity index is 1740. The third-order valence-corrected chi connectivity index (χ3v) is 9.00. The molecule has 1 heterocycles. The van der Waals surface area contributed by atoms with E-state index in [1.165, 1.54) is 17.0 Å². The minimum absolute atomic E-state index is 0.0273. The summed E-state index contributed by atoms with van der Waals surface area (Å²) in [5, 5.41) is 20.0. The van der Waals surface area contributed by atoms with Crippen LogP contribution in [0.3, 0.4) is 0 Å². The third kappa shape index (κ3) is 8.34. The molecule has 1 aliphatic heterocycles. The molecule has 1 fully saturated rings. The van der Waals surface area contributed by atoms with Crippen molar-refractivity contribution in [2.75, 3.05) is 18.1 Å². The highest BCUT2D eigenvalue weighted by Gasteiger charge is 2.33. The van der Waals surface area contributed by atoms with Gasteiger partial charge in [0.2, 0.25) is 10.0 Å². The number of sulfonamides is 1. The highest BCUT2D eigenvalue weighted by Crippen LogP contribution is 2.29. The first kappa shape index (κ1) is 32.8. The summed E-state index contributed by atoms with van der Waals surface area (Å²) in [5.74, 6) is -2.70. The predicted molar refractivity (Wildman–Crippen MR) is 170 cm³/mol. The van der Waals surface area contributed by atoms with Gasteiger partial charge in [-0.3, -0.25) is 19.3 Å². The van der Waals surface area contributed by atoms with Gasteiger partial charge in [-0.05, 0) is 77.6 Å². The summed E-state index contributed by atoms with van der Waals surface area (Å²) in [6.45, 7) is 0.157. The predicted octanol–water partition coefficient (Wildman–Crippen LogP) is 4.65. The minimum Gasteiger partial charge on any atom is -0.481 e. The van der Waals surface area contributed by atoms with Crippen molar-refractivity contribution >= 4 is 50.0 Å².